The van der Waals surface area contributed by atoms with E-state index in [0.717, 1.165) is 6.92 Å². The highest BCUT2D eigenvalue weighted by Gasteiger charge is 2.17. The standard InChI is InChI=1S/C9H7F3O3/c1-4(13)15-9(14)5-2-6(10)8(12)7(11)3-5/h2-3,9,14H,1H3. The van der Waals surface area contributed by atoms with Crippen LogP contribution in [0.3, 0.4) is 0 Å². The molecule has 0 heterocycles. The molecule has 3 nitrogen and oxygen atoms in total. The second kappa shape index (κ2) is 4.31. The van der Waals surface area contributed by atoms with Crippen molar-refractivity contribution in [2.24, 2.45) is 0 Å². The zero-order chi connectivity index (χ0) is 11.6. The molecule has 0 radical (unpaired) electrons. The number of aliphatic hydroxyl groups is 1. The van der Waals surface area contributed by atoms with Crippen molar-refractivity contribution in [3.63, 3.8) is 0 Å². The summed E-state index contributed by atoms with van der Waals surface area (Å²) in [4.78, 5) is 10.4. The van der Waals surface area contributed by atoms with Crippen molar-refractivity contribution < 1.29 is 27.8 Å². The molecule has 0 spiro atoms. The van der Waals surface area contributed by atoms with E-state index >= 15 is 0 Å². The minimum atomic E-state index is -1.81. The van der Waals surface area contributed by atoms with Crippen LogP contribution in [0.15, 0.2) is 12.1 Å². The molecule has 0 aliphatic rings. The number of halogens is 3. The van der Waals surface area contributed by atoms with Crippen LogP contribution >= 0.6 is 0 Å². The number of aliphatic hydroxyl groups excluding tert-OH is 1. The molecule has 82 valence electrons. The Bertz CT molecular complexity index is 369. The molecular weight excluding hydrogens is 213 g/mol. The predicted molar refractivity (Wildman–Crippen MR) is 43.0 cm³/mol. The van der Waals surface area contributed by atoms with Gasteiger partial charge in [-0.15, -0.1) is 0 Å². The van der Waals surface area contributed by atoms with Gasteiger partial charge in [-0.05, 0) is 12.1 Å². The number of carbonyl (C=O) groups is 1. The van der Waals surface area contributed by atoms with Crippen molar-refractivity contribution in [1.82, 2.24) is 0 Å². The number of hydrogen-bond donors (Lipinski definition) is 1. The van der Waals surface area contributed by atoms with Crippen LogP contribution in [-0.4, -0.2) is 11.1 Å². The first-order chi connectivity index (χ1) is 6.91. The van der Waals surface area contributed by atoms with E-state index in [0.29, 0.717) is 12.1 Å². The monoisotopic (exact) mass is 220 g/mol. The number of rotatable bonds is 2. The highest BCUT2D eigenvalue weighted by atomic mass is 19.2. The molecule has 0 aliphatic carbocycles. The fourth-order valence-electron chi connectivity index (χ4n) is 0.943. The van der Waals surface area contributed by atoms with Gasteiger partial charge in [0, 0.05) is 12.5 Å². The van der Waals surface area contributed by atoms with E-state index < -0.39 is 29.7 Å². The number of ether oxygens (including phenoxy) is 1. The van der Waals surface area contributed by atoms with E-state index in [1.165, 1.54) is 0 Å². The van der Waals surface area contributed by atoms with Crippen molar-refractivity contribution in [1.29, 1.82) is 0 Å². The van der Waals surface area contributed by atoms with Crippen LogP contribution in [0.2, 0.25) is 0 Å². The Labute approximate surface area is 83.1 Å². The van der Waals surface area contributed by atoms with Crippen LogP contribution in [0, 0.1) is 17.5 Å². The van der Waals surface area contributed by atoms with Gasteiger partial charge in [-0.25, -0.2) is 13.2 Å². The van der Waals surface area contributed by atoms with Gasteiger partial charge in [0.05, 0.1) is 0 Å². The maximum Gasteiger partial charge on any atom is 0.305 e. The van der Waals surface area contributed by atoms with E-state index in [-0.39, 0.29) is 5.56 Å². The molecule has 6 heteroatoms. The quantitative estimate of drug-likeness (QED) is 0.468. The largest absolute Gasteiger partial charge is 0.432 e. The van der Waals surface area contributed by atoms with Gasteiger partial charge in [0.25, 0.3) is 0 Å². The third-order valence-electron chi connectivity index (χ3n) is 1.57. The SMILES string of the molecule is CC(=O)OC(O)c1cc(F)c(F)c(F)c1. The Kier molecular flexibility index (Phi) is 3.31. The summed E-state index contributed by atoms with van der Waals surface area (Å²) in [5.41, 5.74) is -0.374. The van der Waals surface area contributed by atoms with E-state index in [2.05, 4.69) is 4.74 Å². The van der Waals surface area contributed by atoms with Crippen LogP contribution in [0.4, 0.5) is 13.2 Å². The van der Waals surface area contributed by atoms with E-state index in [9.17, 15) is 18.0 Å². The maximum atomic E-state index is 12.7. The van der Waals surface area contributed by atoms with E-state index in [1.54, 1.807) is 0 Å². The number of esters is 1. The molecule has 1 N–H and O–H groups in total. The summed E-state index contributed by atoms with van der Waals surface area (Å²) in [6, 6.07) is 1.10. The van der Waals surface area contributed by atoms with Gasteiger partial charge in [-0.3, -0.25) is 4.79 Å². The Balaban J connectivity index is 3.00. The summed E-state index contributed by atoms with van der Waals surface area (Å²) in [7, 11) is 0. The van der Waals surface area contributed by atoms with Gasteiger partial charge in [-0.1, -0.05) is 0 Å². The minimum Gasteiger partial charge on any atom is -0.432 e. The molecule has 0 amide bonds. The average molecular weight is 220 g/mol. The molecule has 1 atom stereocenters. The Morgan fingerprint density at radius 1 is 1.33 bits per heavy atom. The summed E-state index contributed by atoms with van der Waals surface area (Å²) < 4.78 is 42.1. The highest BCUT2D eigenvalue weighted by molar-refractivity contribution is 5.66. The van der Waals surface area contributed by atoms with Crippen molar-refractivity contribution in [2.75, 3.05) is 0 Å². The van der Waals surface area contributed by atoms with Gasteiger partial charge in [0.1, 0.15) is 0 Å². The lowest BCUT2D eigenvalue weighted by molar-refractivity contribution is -0.166. The molecule has 15 heavy (non-hydrogen) atoms. The zero-order valence-corrected chi connectivity index (χ0v) is 7.63. The van der Waals surface area contributed by atoms with Crippen molar-refractivity contribution in [3.05, 3.63) is 35.1 Å². The lowest BCUT2D eigenvalue weighted by Gasteiger charge is -2.11. The van der Waals surface area contributed by atoms with Crippen LogP contribution in [-0.2, 0) is 9.53 Å². The van der Waals surface area contributed by atoms with Crippen molar-refractivity contribution in [2.45, 2.75) is 13.2 Å². The molecular formula is C9H7F3O3. The molecule has 0 fully saturated rings. The first-order valence-corrected chi connectivity index (χ1v) is 3.91. The lowest BCUT2D eigenvalue weighted by atomic mass is 10.2. The van der Waals surface area contributed by atoms with Crippen LogP contribution in [0.25, 0.3) is 0 Å². The molecule has 0 aromatic heterocycles. The third kappa shape index (κ3) is 2.69. The summed E-state index contributed by atoms with van der Waals surface area (Å²) in [6.07, 6.45) is -1.81. The molecule has 1 rings (SSSR count). The highest BCUT2D eigenvalue weighted by Crippen LogP contribution is 2.20. The second-order valence-corrected chi connectivity index (χ2v) is 2.76. The Morgan fingerprint density at radius 3 is 2.20 bits per heavy atom. The fourth-order valence-corrected chi connectivity index (χ4v) is 0.943. The fraction of sp³-hybridized carbons (Fsp3) is 0.222. The first-order valence-electron chi connectivity index (χ1n) is 3.91. The molecule has 0 saturated carbocycles. The third-order valence-corrected chi connectivity index (χ3v) is 1.57. The Hall–Kier alpha value is -1.56. The van der Waals surface area contributed by atoms with E-state index in [1.807, 2.05) is 0 Å². The van der Waals surface area contributed by atoms with Gasteiger partial charge < -0.3 is 9.84 Å². The molecule has 0 saturated heterocycles. The van der Waals surface area contributed by atoms with Gasteiger partial charge >= 0.3 is 5.97 Å². The summed E-state index contributed by atoms with van der Waals surface area (Å²) in [5, 5.41) is 9.13. The predicted octanol–water partition coefficient (Wildman–Crippen LogP) is 1.66. The number of benzene rings is 1. The minimum absolute atomic E-state index is 0.374. The van der Waals surface area contributed by atoms with Gasteiger partial charge in [0.2, 0.25) is 6.29 Å². The summed E-state index contributed by atoms with van der Waals surface area (Å²) in [5.74, 6) is -5.39. The summed E-state index contributed by atoms with van der Waals surface area (Å²) in [6.45, 7) is 1.01. The van der Waals surface area contributed by atoms with Crippen molar-refractivity contribution in [3.8, 4) is 0 Å². The number of carbonyl (C=O) groups excluding carboxylic acids is 1. The molecule has 1 aromatic carbocycles. The second-order valence-electron chi connectivity index (χ2n) is 2.76. The average Bonchev–Trinajstić information content (AvgIpc) is 2.12. The topological polar surface area (TPSA) is 46.5 Å². The van der Waals surface area contributed by atoms with Crippen molar-refractivity contribution >= 4 is 5.97 Å². The smallest absolute Gasteiger partial charge is 0.305 e. The molecule has 1 unspecified atom stereocenters. The lowest BCUT2D eigenvalue weighted by Crippen LogP contribution is -2.09. The molecule has 0 bridgehead atoms. The van der Waals surface area contributed by atoms with Crippen LogP contribution in [0.5, 0.6) is 0 Å². The maximum absolute atomic E-state index is 12.7. The van der Waals surface area contributed by atoms with E-state index in [4.69, 9.17) is 5.11 Å². The first kappa shape index (κ1) is 11.5. The van der Waals surface area contributed by atoms with Crippen LogP contribution in [0.1, 0.15) is 18.8 Å². The van der Waals surface area contributed by atoms with Gasteiger partial charge in [0.15, 0.2) is 17.5 Å². The molecule has 1 aromatic rings. The zero-order valence-electron chi connectivity index (χ0n) is 7.63. The Morgan fingerprint density at radius 2 is 1.80 bits per heavy atom. The van der Waals surface area contributed by atoms with Gasteiger partial charge in [-0.2, -0.15) is 0 Å². The number of hydrogen-bond acceptors (Lipinski definition) is 3. The van der Waals surface area contributed by atoms with Crippen LogP contribution < -0.4 is 0 Å². The normalized spacial score (nSPS) is 12.3. The molecule has 0 aliphatic heterocycles. The summed E-state index contributed by atoms with van der Waals surface area (Å²) >= 11 is 0.